The van der Waals surface area contributed by atoms with Crippen LogP contribution >= 0.6 is 11.6 Å². The molecule has 0 saturated heterocycles. The second-order valence-corrected chi connectivity index (χ2v) is 5.40. The molecule has 2 aromatic carbocycles. The maximum atomic E-state index is 12.2. The normalized spacial score (nSPS) is 11.8. The lowest BCUT2D eigenvalue weighted by Gasteiger charge is -2.11. The first-order valence-corrected chi connectivity index (χ1v) is 7.58. The summed E-state index contributed by atoms with van der Waals surface area (Å²) < 4.78 is 0. The van der Waals surface area contributed by atoms with Gasteiger partial charge < -0.3 is 15.7 Å². The van der Waals surface area contributed by atoms with Crippen LogP contribution in [-0.2, 0) is 0 Å². The molecule has 0 aliphatic rings. The van der Waals surface area contributed by atoms with Gasteiger partial charge in [0.15, 0.2) is 0 Å². The Hall–Kier alpha value is -2.04. The number of amides is 1. The van der Waals surface area contributed by atoms with Crippen LogP contribution in [0.4, 0.5) is 11.4 Å². The zero-order chi connectivity index (χ0) is 15.9. The van der Waals surface area contributed by atoms with Crippen molar-refractivity contribution in [1.29, 1.82) is 0 Å². The highest BCUT2D eigenvalue weighted by molar-refractivity contribution is 6.18. The summed E-state index contributed by atoms with van der Waals surface area (Å²) in [7, 11) is 0. The Labute approximate surface area is 135 Å². The molecule has 1 amide bonds. The van der Waals surface area contributed by atoms with Crippen LogP contribution < -0.4 is 10.6 Å². The number of rotatable bonds is 6. The summed E-state index contributed by atoms with van der Waals surface area (Å²) >= 11 is 5.55. The number of anilines is 2. The van der Waals surface area contributed by atoms with Gasteiger partial charge in [0, 0.05) is 23.5 Å². The van der Waals surface area contributed by atoms with Crippen LogP contribution in [-0.4, -0.2) is 29.5 Å². The fourth-order valence-electron chi connectivity index (χ4n) is 1.90. The topological polar surface area (TPSA) is 61.4 Å². The van der Waals surface area contributed by atoms with Crippen LogP contribution in [0.1, 0.15) is 15.9 Å². The van der Waals surface area contributed by atoms with Crippen molar-refractivity contribution in [2.24, 2.45) is 0 Å². The third-order valence-electron chi connectivity index (χ3n) is 3.15. The van der Waals surface area contributed by atoms with Gasteiger partial charge in [0.05, 0.1) is 12.0 Å². The van der Waals surface area contributed by atoms with Gasteiger partial charge in [0.2, 0.25) is 0 Å². The number of aryl methyl sites for hydroxylation is 1. The molecule has 0 heterocycles. The lowest BCUT2D eigenvalue weighted by Crippen LogP contribution is -2.21. The van der Waals surface area contributed by atoms with Gasteiger partial charge in [-0.2, -0.15) is 0 Å². The molecule has 1 atom stereocenters. The fourth-order valence-corrected chi connectivity index (χ4v) is 2.01. The Kier molecular flexibility index (Phi) is 5.81. The molecule has 22 heavy (non-hydrogen) atoms. The lowest BCUT2D eigenvalue weighted by atomic mass is 10.1. The molecule has 0 saturated carbocycles. The zero-order valence-corrected chi connectivity index (χ0v) is 13.1. The van der Waals surface area contributed by atoms with Crippen molar-refractivity contribution in [3.05, 3.63) is 59.7 Å². The number of carbonyl (C=O) groups is 1. The van der Waals surface area contributed by atoms with Crippen LogP contribution in [0.15, 0.2) is 48.5 Å². The monoisotopic (exact) mass is 318 g/mol. The number of aliphatic hydroxyl groups is 1. The van der Waals surface area contributed by atoms with Crippen molar-refractivity contribution in [1.82, 2.24) is 0 Å². The number of aliphatic hydroxyl groups excluding tert-OH is 1. The summed E-state index contributed by atoms with van der Waals surface area (Å²) in [5, 5.41) is 15.3. The first kappa shape index (κ1) is 16.3. The summed E-state index contributed by atoms with van der Waals surface area (Å²) in [5.74, 6) is -0.00830. The Balaban J connectivity index is 2.02. The molecule has 116 valence electrons. The molecule has 0 aromatic heterocycles. The van der Waals surface area contributed by atoms with Gasteiger partial charge in [-0.25, -0.2) is 0 Å². The maximum absolute atomic E-state index is 12.2. The van der Waals surface area contributed by atoms with E-state index in [0.29, 0.717) is 12.1 Å². The van der Waals surface area contributed by atoms with Gasteiger partial charge >= 0.3 is 0 Å². The molecule has 0 aliphatic heterocycles. The lowest BCUT2D eigenvalue weighted by molar-refractivity contribution is 0.102. The van der Waals surface area contributed by atoms with Gasteiger partial charge in [-0.05, 0) is 37.3 Å². The van der Waals surface area contributed by atoms with Crippen LogP contribution in [0.2, 0.25) is 0 Å². The summed E-state index contributed by atoms with van der Waals surface area (Å²) in [5.41, 5.74) is 3.21. The number of carbonyl (C=O) groups excluding carboxylic acids is 1. The maximum Gasteiger partial charge on any atom is 0.255 e. The van der Waals surface area contributed by atoms with Crippen molar-refractivity contribution in [2.45, 2.75) is 13.0 Å². The highest BCUT2D eigenvalue weighted by Crippen LogP contribution is 2.14. The van der Waals surface area contributed by atoms with E-state index in [1.165, 1.54) is 0 Å². The van der Waals surface area contributed by atoms with Gasteiger partial charge in [0.25, 0.3) is 5.91 Å². The minimum atomic E-state index is -0.619. The molecule has 0 fully saturated rings. The standard InChI is InChI=1S/C17H19ClN2O2/c1-12-5-7-14(8-6-12)20-17(22)13-3-2-4-15(9-13)19-11-16(21)10-18/h2-9,16,19,21H,10-11H2,1H3,(H,20,22). The first-order chi connectivity index (χ1) is 10.6. The molecule has 2 aromatic rings. The Morgan fingerprint density at radius 1 is 1.18 bits per heavy atom. The second-order valence-electron chi connectivity index (χ2n) is 5.09. The third-order valence-corrected chi connectivity index (χ3v) is 3.51. The van der Waals surface area contributed by atoms with E-state index in [0.717, 1.165) is 16.9 Å². The molecular weight excluding hydrogens is 300 g/mol. The fraction of sp³-hybridized carbons (Fsp3) is 0.235. The number of hydrogen-bond acceptors (Lipinski definition) is 3. The Morgan fingerprint density at radius 3 is 2.59 bits per heavy atom. The van der Waals surface area contributed by atoms with Crippen LogP contribution in [0.5, 0.6) is 0 Å². The molecular formula is C17H19ClN2O2. The van der Waals surface area contributed by atoms with Crippen molar-refractivity contribution in [3.8, 4) is 0 Å². The van der Waals surface area contributed by atoms with E-state index in [9.17, 15) is 9.90 Å². The SMILES string of the molecule is Cc1ccc(NC(=O)c2cccc(NCC(O)CCl)c2)cc1. The molecule has 0 spiro atoms. The molecule has 0 radical (unpaired) electrons. The van der Waals surface area contributed by atoms with Gasteiger partial charge in [0.1, 0.15) is 0 Å². The van der Waals surface area contributed by atoms with Gasteiger partial charge in [-0.1, -0.05) is 23.8 Å². The van der Waals surface area contributed by atoms with Crippen LogP contribution in [0, 0.1) is 6.92 Å². The van der Waals surface area contributed by atoms with Crippen molar-refractivity contribution in [3.63, 3.8) is 0 Å². The molecule has 4 nitrogen and oxygen atoms in total. The van der Waals surface area contributed by atoms with E-state index in [2.05, 4.69) is 10.6 Å². The molecule has 3 N–H and O–H groups in total. The molecule has 0 aliphatic carbocycles. The van der Waals surface area contributed by atoms with E-state index in [4.69, 9.17) is 11.6 Å². The summed E-state index contributed by atoms with van der Waals surface area (Å²) in [4.78, 5) is 12.2. The van der Waals surface area contributed by atoms with Crippen LogP contribution in [0.25, 0.3) is 0 Å². The average Bonchev–Trinajstić information content (AvgIpc) is 2.55. The molecule has 1 unspecified atom stereocenters. The van der Waals surface area contributed by atoms with Crippen LogP contribution in [0.3, 0.4) is 0 Å². The van der Waals surface area contributed by atoms with Gasteiger partial charge in [-0.15, -0.1) is 11.6 Å². The number of halogens is 1. The Morgan fingerprint density at radius 2 is 1.91 bits per heavy atom. The minimum absolute atomic E-state index is 0.167. The van der Waals surface area contributed by atoms with Crippen molar-refractivity contribution < 1.29 is 9.90 Å². The Bertz CT molecular complexity index is 629. The first-order valence-electron chi connectivity index (χ1n) is 7.04. The highest BCUT2D eigenvalue weighted by Gasteiger charge is 2.07. The summed E-state index contributed by atoms with van der Waals surface area (Å²) in [6.07, 6.45) is -0.619. The van der Waals surface area contributed by atoms with Gasteiger partial charge in [-0.3, -0.25) is 4.79 Å². The number of alkyl halides is 1. The largest absolute Gasteiger partial charge is 0.390 e. The molecule has 2 rings (SSSR count). The van der Waals surface area contributed by atoms with E-state index in [1.54, 1.807) is 18.2 Å². The average molecular weight is 319 g/mol. The highest BCUT2D eigenvalue weighted by atomic mass is 35.5. The predicted octanol–water partition coefficient (Wildman–Crippen LogP) is 3.26. The van der Waals surface area contributed by atoms with Crippen molar-refractivity contribution >= 4 is 28.9 Å². The van der Waals surface area contributed by atoms with E-state index < -0.39 is 6.10 Å². The van der Waals surface area contributed by atoms with E-state index in [1.807, 2.05) is 37.3 Å². The molecule has 5 heteroatoms. The van der Waals surface area contributed by atoms with E-state index in [-0.39, 0.29) is 11.8 Å². The summed E-state index contributed by atoms with van der Waals surface area (Å²) in [6.45, 7) is 2.34. The smallest absolute Gasteiger partial charge is 0.255 e. The number of benzene rings is 2. The number of hydrogen-bond donors (Lipinski definition) is 3. The third kappa shape index (κ3) is 4.76. The zero-order valence-electron chi connectivity index (χ0n) is 12.3. The quantitative estimate of drug-likeness (QED) is 0.716. The molecule has 0 bridgehead atoms. The number of nitrogens with one attached hydrogen (secondary N) is 2. The second kappa shape index (κ2) is 7.82. The summed E-state index contributed by atoms with van der Waals surface area (Å²) in [6, 6.07) is 14.7. The van der Waals surface area contributed by atoms with E-state index >= 15 is 0 Å². The predicted molar refractivity (Wildman–Crippen MR) is 90.8 cm³/mol. The van der Waals surface area contributed by atoms with Crippen molar-refractivity contribution in [2.75, 3.05) is 23.1 Å². The minimum Gasteiger partial charge on any atom is -0.390 e.